The number of carbonyl (C=O) groups excluding carboxylic acids is 2. The van der Waals surface area contributed by atoms with Crippen LogP contribution in [0.5, 0.6) is 0 Å². The zero-order valence-corrected chi connectivity index (χ0v) is 12.3. The predicted octanol–water partition coefficient (Wildman–Crippen LogP) is 0.782. The van der Waals surface area contributed by atoms with E-state index in [1.165, 1.54) is 0 Å². The maximum absolute atomic E-state index is 11.8. The van der Waals surface area contributed by atoms with Crippen molar-refractivity contribution in [2.75, 3.05) is 13.1 Å². The minimum absolute atomic E-state index is 0.0582. The summed E-state index contributed by atoms with van der Waals surface area (Å²) in [7, 11) is 0. The average molecular weight is 269 g/mol. The molecule has 1 aliphatic carbocycles. The monoisotopic (exact) mass is 269 g/mol. The molecule has 1 saturated carbocycles. The third-order valence-electron chi connectivity index (χ3n) is 3.45. The molecule has 0 spiro atoms. The summed E-state index contributed by atoms with van der Waals surface area (Å²) < 4.78 is 0. The van der Waals surface area contributed by atoms with E-state index in [9.17, 15) is 9.59 Å². The van der Waals surface area contributed by atoms with Gasteiger partial charge in [0.25, 0.3) is 0 Å². The summed E-state index contributed by atoms with van der Waals surface area (Å²) in [6.07, 6.45) is 3.61. The van der Waals surface area contributed by atoms with Crippen LogP contribution in [-0.2, 0) is 9.59 Å². The second-order valence-corrected chi connectivity index (χ2v) is 6.61. The van der Waals surface area contributed by atoms with Crippen LogP contribution in [0.3, 0.4) is 0 Å². The van der Waals surface area contributed by atoms with Crippen molar-refractivity contribution >= 4 is 11.8 Å². The van der Waals surface area contributed by atoms with Crippen LogP contribution in [0.25, 0.3) is 0 Å². The van der Waals surface area contributed by atoms with Crippen molar-refractivity contribution in [3.8, 4) is 0 Å². The summed E-state index contributed by atoms with van der Waals surface area (Å²) in [6, 6.07) is 0.178. The van der Waals surface area contributed by atoms with Gasteiger partial charge in [-0.2, -0.15) is 0 Å². The number of hydrogen-bond acceptors (Lipinski definition) is 3. The van der Waals surface area contributed by atoms with Gasteiger partial charge >= 0.3 is 0 Å². The molecular formula is C14H27N3O2. The van der Waals surface area contributed by atoms with E-state index in [1.807, 2.05) is 20.8 Å². The number of carbonyl (C=O) groups is 2. The first kappa shape index (κ1) is 16.0. The van der Waals surface area contributed by atoms with Crippen molar-refractivity contribution in [3.05, 3.63) is 0 Å². The van der Waals surface area contributed by atoms with E-state index < -0.39 is 0 Å². The molecule has 5 heteroatoms. The molecule has 0 saturated heterocycles. The van der Waals surface area contributed by atoms with E-state index in [2.05, 4.69) is 10.6 Å². The van der Waals surface area contributed by atoms with Crippen molar-refractivity contribution in [2.24, 2.45) is 17.1 Å². The largest absolute Gasteiger partial charge is 0.352 e. The second kappa shape index (κ2) is 6.89. The normalized spacial score (nSPS) is 23.2. The Bertz CT molecular complexity index is 323. The Morgan fingerprint density at radius 1 is 1.21 bits per heavy atom. The van der Waals surface area contributed by atoms with Crippen molar-refractivity contribution in [1.29, 1.82) is 0 Å². The van der Waals surface area contributed by atoms with Gasteiger partial charge in [0, 0.05) is 12.5 Å². The van der Waals surface area contributed by atoms with E-state index in [4.69, 9.17) is 5.73 Å². The van der Waals surface area contributed by atoms with E-state index in [1.54, 1.807) is 0 Å². The van der Waals surface area contributed by atoms with Gasteiger partial charge in [-0.3, -0.25) is 9.59 Å². The van der Waals surface area contributed by atoms with Gasteiger partial charge in [-0.15, -0.1) is 0 Å². The molecule has 0 aliphatic heterocycles. The van der Waals surface area contributed by atoms with Crippen LogP contribution in [0.2, 0.25) is 0 Å². The second-order valence-electron chi connectivity index (χ2n) is 6.61. The lowest BCUT2D eigenvalue weighted by molar-refractivity contribution is -0.127. The highest BCUT2D eigenvalue weighted by Crippen LogP contribution is 2.24. The van der Waals surface area contributed by atoms with Gasteiger partial charge in [0.2, 0.25) is 11.8 Å². The van der Waals surface area contributed by atoms with Gasteiger partial charge in [-0.25, -0.2) is 0 Å². The zero-order chi connectivity index (χ0) is 14.5. The van der Waals surface area contributed by atoms with E-state index in [0.29, 0.717) is 18.9 Å². The number of hydrogen-bond donors (Lipinski definition) is 3. The maximum atomic E-state index is 11.8. The highest BCUT2D eigenvalue weighted by Gasteiger charge is 2.27. The molecule has 0 radical (unpaired) electrons. The third kappa shape index (κ3) is 6.05. The van der Waals surface area contributed by atoms with Gasteiger partial charge < -0.3 is 16.4 Å². The van der Waals surface area contributed by atoms with Crippen molar-refractivity contribution in [1.82, 2.24) is 10.6 Å². The summed E-state index contributed by atoms with van der Waals surface area (Å²) in [5.74, 6) is 0.186. The lowest BCUT2D eigenvalue weighted by atomic mass is 9.92. The van der Waals surface area contributed by atoms with Crippen LogP contribution in [0.15, 0.2) is 0 Å². The molecule has 1 aliphatic rings. The van der Waals surface area contributed by atoms with Crippen LogP contribution in [0.1, 0.15) is 46.5 Å². The molecule has 4 N–H and O–H groups in total. The minimum Gasteiger partial charge on any atom is -0.352 e. The molecule has 0 heterocycles. The van der Waals surface area contributed by atoms with Gasteiger partial charge in [-0.05, 0) is 30.7 Å². The average Bonchev–Trinajstić information content (AvgIpc) is 2.71. The van der Waals surface area contributed by atoms with E-state index >= 15 is 0 Å². The molecule has 0 aromatic heterocycles. The molecule has 2 atom stereocenters. The van der Waals surface area contributed by atoms with E-state index in [-0.39, 0.29) is 29.8 Å². The zero-order valence-electron chi connectivity index (χ0n) is 12.3. The Hall–Kier alpha value is -1.10. The van der Waals surface area contributed by atoms with Crippen molar-refractivity contribution in [2.45, 2.75) is 52.5 Å². The van der Waals surface area contributed by atoms with Crippen LogP contribution in [-0.4, -0.2) is 30.9 Å². The molecule has 1 fully saturated rings. The maximum Gasteiger partial charge on any atom is 0.239 e. The summed E-state index contributed by atoms with van der Waals surface area (Å²) >= 11 is 0. The molecular weight excluding hydrogens is 242 g/mol. The summed E-state index contributed by atoms with van der Waals surface area (Å²) in [4.78, 5) is 23.4. The lowest BCUT2D eigenvalue weighted by Crippen LogP contribution is -2.45. The summed E-state index contributed by atoms with van der Waals surface area (Å²) in [5, 5.41) is 5.63. The van der Waals surface area contributed by atoms with Gasteiger partial charge in [-0.1, -0.05) is 27.2 Å². The Morgan fingerprint density at radius 2 is 1.89 bits per heavy atom. The Labute approximate surface area is 115 Å². The molecule has 19 heavy (non-hydrogen) atoms. The fraction of sp³-hybridized carbons (Fsp3) is 0.857. The molecule has 110 valence electrons. The predicted molar refractivity (Wildman–Crippen MR) is 75.4 cm³/mol. The molecule has 5 nitrogen and oxygen atoms in total. The SMILES string of the molecule is CC(C)(C)CC(=O)NCC(=O)NC1CCCC1CN. The van der Waals surface area contributed by atoms with Crippen LogP contribution >= 0.6 is 0 Å². The standard InChI is InChI=1S/C14H27N3O2/c1-14(2,3)7-12(18)16-9-13(19)17-11-6-4-5-10(11)8-15/h10-11H,4-9,15H2,1-3H3,(H,16,18)(H,17,19). The molecule has 0 aromatic carbocycles. The number of rotatable bonds is 5. The van der Waals surface area contributed by atoms with Gasteiger partial charge in [0.05, 0.1) is 6.54 Å². The minimum atomic E-state index is -0.118. The molecule has 2 unspecified atom stereocenters. The Kier molecular flexibility index (Phi) is 5.79. The number of nitrogens with one attached hydrogen (secondary N) is 2. The number of amides is 2. The van der Waals surface area contributed by atoms with Crippen molar-refractivity contribution < 1.29 is 9.59 Å². The topological polar surface area (TPSA) is 84.2 Å². The third-order valence-corrected chi connectivity index (χ3v) is 3.45. The molecule has 1 rings (SSSR count). The fourth-order valence-corrected chi connectivity index (χ4v) is 2.49. The Morgan fingerprint density at radius 3 is 2.47 bits per heavy atom. The molecule has 2 amide bonds. The lowest BCUT2D eigenvalue weighted by Gasteiger charge is -2.20. The first-order valence-electron chi connectivity index (χ1n) is 7.08. The van der Waals surface area contributed by atoms with Crippen LogP contribution in [0, 0.1) is 11.3 Å². The summed E-state index contributed by atoms with van der Waals surface area (Å²) in [6.45, 7) is 6.66. The molecule has 0 bridgehead atoms. The highest BCUT2D eigenvalue weighted by atomic mass is 16.2. The molecule has 0 aromatic rings. The Balaban J connectivity index is 2.26. The van der Waals surface area contributed by atoms with E-state index in [0.717, 1.165) is 19.3 Å². The first-order chi connectivity index (χ1) is 8.81. The quantitative estimate of drug-likeness (QED) is 0.689. The van der Waals surface area contributed by atoms with Gasteiger partial charge in [0.1, 0.15) is 0 Å². The smallest absolute Gasteiger partial charge is 0.239 e. The van der Waals surface area contributed by atoms with Crippen molar-refractivity contribution in [3.63, 3.8) is 0 Å². The summed E-state index contributed by atoms with van der Waals surface area (Å²) in [5.41, 5.74) is 5.61. The van der Waals surface area contributed by atoms with Crippen LogP contribution in [0.4, 0.5) is 0 Å². The highest BCUT2D eigenvalue weighted by molar-refractivity contribution is 5.85. The van der Waals surface area contributed by atoms with Gasteiger partial charge in [0.15, 0.2) is 0 Å². The van der Waals surface area contributed by atoms with Crippen LogP contribution < -0.4 is 16.4 Å². The first-order valence-corrected chi connectivity index (χ1v) is 7.08. The fourth-order valence-electron chi connectivity index (χ4n) is 2.49. The number of nitrogens with two attached hydrogens (primary N) is 1.